The molecule has 0 rings (SSSR count). The normalized spacial score (nSPS) is 21.1. The van der Waals surface area contributed by atoms with Crippen molar-refractivity contribution in [1.82, 2.24) is 5.32 Å². The predicted molar refractivity (Wildman–Crippen MR) is 42.6 cm³/mol. The lowest BCUT2D eigenvalue weighted by molar-refractivity contribution is -0.122. The predicted octanol–water partition coefficient (Wildman–Crippen LogP) is -2.12. The van der Waals surface area contributed by atoms with Gasteiger partial charge in [-0.05, 0) is 14.0 Å². The summed E-state index contributed by atoms with van der Waals surface area (Å²) in [6.07, 6.45) is -3.35. The number of carbonyl (C=O) groups excluding carboxylic acids is 1. The molecule has 4 N–H and O–H groups in total. The van der Waals surface area contributed by atoms with Crippen molar-refractivity contribution in [2.24, 2.45) is 0 Å². The fourth-order valence-electron chi connectivity index (χ4n) is 0.990. The third kappa shape index (κ3) is 2.86. The minimum absolute atomic E-state index is 0.234. The van der Waals surface area contributed by atoms with Gasteiger partial charge >= 0.3 is 0 Å². The molecule has 0 saturated heterocycles. The Hall–Kier alpha value is -0.490. The number of hydrogen-bond donors (Lipinski definition) is 4. The first-order chi connectivity index (χ1) is 5.54. The number of aldehydes is 1. The van der Waals surface area contributed by atoms with Gasteiger partial charge < -0.3 is 25.4 Å². The van der Waals surface area contributed by atoms with Crippen LogP contribution in [0.5, 0.6) is 0 Å². The molecule has 0 aliphatic heterocycles. The summed E-state index contributed by atoms with van der Waals surface area (Å²) in [5.74, 6) is 0. The highest BCUT2D eigenvalue weighted by atomic mass is 16.3. The highest BCUT2D eigenvalue weighted by Crippen LogP contribution is 2.02. The fourth-order valence-corrected chi connectivity index (χ4v) is 0.990. The van der Waals surface area contributed by atoms with E-state index in [4.69, 9.17) is 10.2 Å². The molecule has 5 nitrogen and oxygen atoms in total. The Kier molecular flexibility index (Phi) is 5.00. The molecule has 0 radical (unpaired) electrons. The molecule has 0 aromatic carbocycles. The second-order valence-electron chi connectivity index (χ2n) is 2.67. The molecule has 0 aliphatic rings. The molecular weight excluding hydrogens is 162 g/mol. The van der Waals surface area contributed by atoms with Crippen LogP contribution in [0, 0.1) is 0 Å². The van der Waals surface area contributed by atoms with Gasteiger partial charge in [0.25, 0.3) is 0 Å². The van der Waals surface area contributed by atoms with Crippen molar-refractivity contribution in [3.05, 3.63) is 0 Å². The van der Waals surface area contributed by atoms with E-state index in [-0.39, 0.29) is 6.29 Å². The molecule has 0 saturated carbocycles. The van der Waals surface area contributed by atoms with Crippen molar-refractivity contribution in [2.45, 2.75) is 31.3 Å². The van der Waals surface area contributed by atoms with Gasteiger partial charge in [0, 0.05) is 0 Å². The van der Waals surface area contributed by atoms with Crippen LogP contribution in [-0.2, 0) is 4.79 Å². The van der Waals surface area contributed by atoms with Crippen molar-refractivity contribution in [3.63, 3.8) is 0 Å². The van der Waals surface area contributed by atoms with E-state index >= 15 is 0 Å². The Morgan fingerprint density at radius 3 is 2.08 bits per heavy atom. The van der Waals surface area contributed by atoms with Gasteiger partial charge in [0.1, 0.15) is 12.2 Å². The van der Waals surface area contributed by atoms with Crippen LogP contribution in [-0.4, -0.2) is 53.0 Å². The Labute approximate surface area is 71.0 Å². The number of hydrogen-bond acceptors (Lipinski definition) is 5. The molecule has 0 unspecified atom stereocenters. The molecular formula is C7H15NO4. The van der Waals surface area contributed by atoms with Gasteiger partial charge in [-0.2, -0.15) is 0 Å². The molecule has 0 amide bonds. The number of aliphatic hydroxyl groups excluding tert-OH is 3. The number of nitrogens with one attached hydrogen (secondary N) is 1. The molecule has 0 aromatic heterocycles. The highest BCUT2D eigenvalue weighted by molar-refractivity contribution is 5.56. The lowest BCUT2D eigenvalue weighted by Crippen LogP contribution is -2.51. The molecule has 0 bridgehead atoms. The quantitative estimate of drug-likeness (QED) is 0.360. The van der Waals surface area contributed by atoms with Gasteiger partial charge in [-0.3, -0.25) is 0 Å². The maximum absolute atomic E-state index is 10.1. The third-order valence-electron chi connectivity index (χ3n) is 1.71. The van der Waals surface area contributed by atoms with Crippen LogP contribution in [0.2, 0.25) is 0 Å². The van der Waals surface area contributed by atoms with Crippen LogP contribution in [0.4, 0.5) is 0 Å². The van der Waals surface area contributed by atoms with Crippen LogP contribution < -0.4 is 5.32 Å². The largest absolute Gasteiger partial charge is 0.392 e. The van der Waals surface area contributed by atoms with Crippen LogP contribution in [0.15, 0.2) is 0 Å². The monoisotopic (exact) mass is 177 g/mol. The Morgan fingerprint density at radius 2 is 1.83 bits per heavy atom. The van der Waals surface area contributed by atoms with Gasteiger partial charge in [0.05, 0.1) is 12.1 Å². The second kappa shape index (κ2) is 5.21. The maximum Gasteiger partial charge on any atom is 0.151 e. The van der Waals surface area contributed by atoms with E-state index < -0.39 is 24.4 Å². The lowest BCUT2D eigenvalue weighted by Gasteiger charge is -2.25. The fraction of sp³-hybridized carbons (Fsp3) is 0.857. The summed E-state index contributed by atoms with van der Waals surface area (Å²) in [7, 11) is 1.53. The maximum atomic E-state index is 10.1. The first kappa shape index (κ1) is 11.5. The molecule has 72 valence electrons. The van der Waals surface area contributed by atoms with E-state index in [0.717, 1.165) is 0 Å². The summed E-state index contributed by atoms with van der Waals surface area (Å²) in [5.41, 5.74) is 0. The topological polar surface area (TPSA) is 89.8 Å². The van der Waals surface area contributed by atoms with Crippen LogP contribution in [0.3, 0.4) is 0 Å². The molecule has 0 heterocycles. The number of rotatable bonds is 5. The van der Waals surface area contributed by atoms with Crippen molar-refractivity contribution in [3.8, 4) is 0 Å². The number of likely N-dealkylation sites (N-methyl/N-ethyl adjacent to an activating group) is 1. The summed E-state index contributed by atoms with van der Waals surface area (Å²) in [6.45, 7) is 1.46. The standard InChI is InChI=1S/C7H15NO4/c1-4(10)6(8-2)7(12)5(11)3-9/h3-8,10-12H,1-2H3/t4-,5+,6-,7-/m1/s1. The summed E-state index contributed by atoms with van der Waals surface area (Å²) in [4.78, 5) is 10.1. The van der Waals surface area contributed by atoms with Crippen molar-refractivity contribution < 1.29 is 20.1 Å². The van der Waals surface area contributed by atoms with Crippen molar-refractivity contribution in [2.75, 3.05) is 7.05 Å². The summed E-state index contributed by atoms with van der Waals surface area (Å²) < 4.78 is 0. The van der Waals surface area contributed by atoms with Gasteiger partial charge in [-0.1, -0.05) is 0 Å². The van der Waals surface area contributed by atoms with Crippen LogP contribution >= 0.6 is 0 Å². The van der Waals surface area contributed by atoms with Gasteiger partial charge in [-0.25, -0.2) is 0 Å². The first-order valence-corrected chi connectivity index (χ1v) is 3.71. The van der Waals surface area contributed by atoms with E-state index in [1.165, 1.54) is 14.0 Å². The SMILES string of the molecule is CN[C@@H]([C@H](O)[C@@H](O)C=O)[C@@H](C)O. The zero-order valence-corrected chi connectivity index (χ0v) is 7.14. The molecule has 0 fully saturated rings. The van der Waals surface area contributed by atoms with Gasteiger partial charge in [-0.15, -0.1) is 0 Å². The van der Waals surface area contributed by atoms with Gasteiger partial charge in [0.15, 0.2) is 6.29 Å². The molecule has 0 aliphatic carbocycles. The molecule has 0 spiro atoms. The first-order valence-electron chi connectivity index (χ1n) is 3.71. The van der Waals surface area contributed by atoms with Gasteiger partial charge in [0.2, 0.25) is 0 Å². The van der Waals surface area contributed by atoms with Crippen LogP contribution in [0.25, 0.3) is 0 Å². The summed E-state index contributed by atoms with van der Waals surface area (Å²) in [5, 5.41) is 29.8. The number of aliphatic hydroxyl groups is 3. The minimum Gasteiger partial charge on any atom is -0.392 e. The van der Waals surface area contributed by atoms with E-state index in [1.807, 2.05) is 0 Å². The zero-order chi connectivity index (χ0) is 9.72. The molecule has 5 heteroatoms. The molecule has 4 atom stereocenters. The third-order valence-corrected chi connectivity index (χ3v) is 1.71. The summed E-state index contributed by atoms with van der Waals surface area (Å²) in [6, 6.07) is -0.704. The van der Waals surface area contributed by atoms with Crippen molar-refractivity contribution in [1.29, 1.82) is 0 Å². The average molecular weight is 177 g/mol. The smallest absolute Gasteiger partial charge is 0.151 e. The zero-order valence-electron chi connectivity index (χ0n) is 7.14. The second-order valence-corrected chi connectivity index (χ2v) is 2.67. The van der Waals surface area contributed by atoms with E-state index in [0.29, 0.717) is 0 Å². The van der Waals surface area contributed by atoms with E-state index in [1.54, 1.807) is 0 Å². The summed E-state index contributed by atoms with van der Waals surface area (Å²) >= 11 is 0. The van der Waals surface area contributed by atoms with Crippen molar-refractivity contribution >= 4 is 6.29 Å². The lowest BCUT2D eigenvalue weighted by atomic mass is 10.0. The average Bonchev–Trinajstić information content (AvgIpc) is 2.03. The Balaban J connectivity index is 4.19. The molecule has 0 aromatic rings. The number of carbonyl (C=O) groups is 1. The Morgan fingerprint density at radius 1 is 1.33 bits per heavy atom. The van der Waals surface area contributed by atoms with E-state index in [2.05, 4.69) is 5.32 Å². The van der Waals surface area contributed by atoms with E-state index in [9.17, 15) is 9.90 Å². The highest BCUT2D eigenvalue weighted by Gasteiger charge is 2.27. The molecule has 12 heavy (non-hydrogen) atoms. The Bertz CT molecular complexity index is 139. The minimum atomic E-state index is -1.46. The van der Waals surface area contributed by atoms with Crippen LogP contribution in [0.1, 0.15) is 6.92 Å².